The zero-order valence-electron chi connectivity index (χ0n) is 21.1. The van der Waals surface area contributed by atoms with Gasteiger partial charge in [-0.25, -0.2) is 0 Å². The molecule has 0 spiro atoms. The van der Waals surface area contributed by atoms with Crippen LogP contribution in [-0.2, 0) is 9.59 Å². The molecule has 2 aromatic carbocycles. The lowest BCUT2D eigenvalue weighted by Gasteiger charge is -2.52. The molecule has 0 aliphatic heterocycles. The average Bonchev–Trinajstić information content (AvgIpc) is 2.87. The molecule has 0 saturated heterocycles. The van der Waals surface area contributed by atoms with Crippen molar-refractivity contribution in [3.63, 3.8) is 0 Å². The van der Waals surface area contributed by atoms with Gasteiger partial charge in [0.05, 0.1) is 39.2 Å². The van der Waals surface area contributed by atoms with Crippen LogP contribution in [0, 0.1) is 11.8 Å². The van der Waals surface area contributed by atoms with Crippen LogP contribution < -0.4 is 5.73 Å². The molecule has 0 radical (unpaired) electrons. The number of fused-ring (bicyclic) bond motifs is 3. The van der Waals surface area contributed by atoms with Gasteiger partial charge in [0.1, 0.15) is 22.8 Å². The molecule has 12 heteroatoms. The molecule has 0 saturated carbocycles. The van der Waals surface area contributed by atoms with Crippen LogP contribution >= 0.6 is 23.2 Å². The molecular formula is C28H24Cl2N2O8. The Morgan fingerprint density at radius 3 is 2.35 bits per heavy atom. The Morgan fingerprint density at radius 1 is 1.07 bits per heavy atom. The second kappa shape index (κ2) is 9.46. The number of halogens is 2. The van der Waals surface area contributed by atoms with E-state index >= 15 is 0 Å². The number of aromatic hydroxyl groups is 1. The van der Waals surface area contributed by atoms with Gasteiger partial charge < -0.3 is 31.3 Å². The van der Waals surface area contributed by atoms with Gasteiger partial charge in [-0.15, -0.1) is 0 Å². The molecule has 1 amide bonds. The number of aliphatic hydroxyl groups excluding tert-OH is 3. The SMILES string of the molecule is CN(C)[C@@H]1C(O)=C(C(N)=O)C(=O)[C@@]2(O)C(O)=C3C(=O)c4c(O)cccc4/C(=C\c4ccc(Cl)c(Cl)c4)[C@@H]3[C@H](O)[C@@H]12. The van der Waals surface area contributed by atoms with Crippen LogP contribution in [0.25, 0.3) is 11.6 Å². The molecule has 5 atom stereocenters. The molecule has 0 aromatic heterocycles. The Kier molecular flexibility index (Phi) is 6.60. The number of likely N-dealkylation sites (N-methyl/N-ethyl adjacent to an activating group) is 1. The number of hydrogen-bond acceptors (Lipinski definition) is 9. The Bertz CT molecular complexity index is 1610. The summed E-state index contributed by atoms with van der Waals surface area (Å²) >= 11 is 12.3. The third kappa shape index (κ3) is 3.71. The molecule has 0 heterocycles. The van der Waals surface area contributed by atoms with Crippen molar-refractivity contribution >= 4 is 52.3 Å². The highest BCUT2D eigenvalue weighted by molar-refractivity contribution is 6.42. The Balaban J connectivity index is 1.87. The van der Waals surface area contributed by atoms with E-state index in [-0.39, 0.29) is 26.7 Å². The summed E-state index contributed by atoms with van der Waals surface area (Å²) in [4.78, 5) is 40.8. The Labute approximate surface area is 237 Å². The Hall–Kier alpha value is -3.67. The fourth-order valence-corrected chi connectivity index (χ4v) is 6.40. The zero-order valence-corrected chi connectivity index (χ0v) is 22.6. The van der Waals surface area contributed by atoms with Crippen LogP contribution in [0.15, 0.2) is 59.1 Å². The predicted octanol–water partition coefficient (Wildman–Crippen LogP) is 2.40. The van der Waals surface area contributed by atoms with Gasteiger partial charge in [-0.05, 0) is 49.0 Å². The molecule has 0 fully saturated rings. The highest BCUT2D eigenvalue weighted by Crippen LogP contribution is 2.55. The lowest BCUT2D eigenvalue weighted by Crippen LogP contribution is -2.68. The summed E-state index contributed by atoms with van der Waals surface area (Å²) in [5.74, 6) is -9.13. The van der Waals surface area contributed by atoms with E-state index in [1.807, 2.05) is 0 Å². The maximum Gasteiger partial charge on any atom is 0.255 e. The standard InChI is InChI=1S/C28H24Cl2N2O8/c1-32(2)21-20-23(35)17-12(8-10-6-7-13(29)14(30)9-10)11-4-3-5-15(33)16(11)22(34)18(17)25(37)28(20,40)26(38)19(24(21)36)27(31)39/h3-9,17,20-21,23,33,35-37,40H,1-2H3,(H2,31,39)/b12-8+/t17-,20+,21-,23-,28-/m0/s1. The van der Waals surface area contributed by atoms with Crippen molar-refractivity contribution < 1.29 is 39.9 Å². The summed E-state index contributed by atoms with van der Waals surface area (Å²) < 4.78 is 0. The van der Waals surface area contributed by atoms with Crippen LogP contribution in [0.4, 0.5) is 0 Å². The normalized spacial score (nSPS) is 29.0. The van der Waals surface area contributed by atoms with E-state index in [0.29, 0.717) is 5.56 Å². The fraction of sp³-hybridized carbons (Fsp3) is 0.250. The van der Waals surface area contributed by atoms with Gasteiger partial charge in [-0.2, -0.15) is 0 Å². The number of amides is 1. The monoisotopic (exact) mass is 586 g/mol. The van der Waals surface area contributed by atoms with E-state index in [1.165, 1.54) is 49.3 Å². The molecule has 0 unspecified atom stereocenters. The van der Waals surface area contributed by atoms with Crippen molar-refractivity contribution in [2.75, 3.05) is 14.1 Å². The molecule has 208 valence electrons. The predicted molar refractivity (Wildman–Crippen MR) is 146 cm³/mol. The first-order valence-corrected chi connectivity index (χ1v) is 12.8. The molecule has 3 aliphatic carbocycles. The number of nitrogens with two attached hydrogens (primary N) is 1. The van der Waals surface area contributed by atoms with E-state index in [0.717, 1.165) is 0 Å². The van der Waals surface area contributed by atoms with Crippen LogP contribution in [0.1, 0.15) is 21.5 Å². The van der Waals surface area contributed by atoms with E-state index < -0.39 is 75.5 Å². The number of hydrogen-bond donors (Lipinski definition) is 6. The van der Waals surface area contributed by atoms with Crippen molar-refractivity contribution in [3.8, 4) is 5.75 Å². The quantitative estimate of drug-likeness (QED) is 0.294. The number of ketones is 2. The van der Waals surface area contributed by atoms with Crippen LogP contribution in [-0.4, -0.2) is 79.7 Å². The third-order valence-corrected chi connectivity index (χ3v) is 8.54. The molecule has 40 heavy (non-hydrogen) atoms. The lowest BCUT2D eigenvalue weighted by atomic mass is 9.56. The van der Waals surface area contributed by atoms with E-state index in [9.17, 15) is 39.9 Å². The molecule has 0 bridgehead atoms. The molecule has 7 N–H and O–H groups in total. The maximum absolute atomic E-state index is 13.8. The zero-order chi connectivity index (χ0) is 29.4. The highest BCUT2D eigenvalue weighted by atomic mass is 35.5. The number of carbonyl (C=O) groups excluding carboxylic acids is 3. The summed E-state index contributed by atoms with van der Waals surface area (Å²) in [6, 6.07) is 7.59. The summed E-state index contributed by atoms with van der Waals surface area (Å²) in [5, 5.41) is 57.3. The Morgan fingerprint density at radius 2 is 1.75 bits per heavy atom. The van der Waals surface area contributed by atoms with Gasteiger partial charge in [-0.3, -0.25) is 19.3 Å². The second-order valence-electron chi connectivity index (χ2n) is 10.2. The van der Waals surface area contributed by atoms with E-state index in [2.05, 4.69) is 0 Å². The minimum atomic E-state index is -3.01. The minimum Gasteiger partial charge on any atom is -0.510 e. The fourth-order valence-electron chi connectivity index (χ4n) is 6.10. The molecule has 10 nitrogen and oxygen atoms in total. The van der Waals surface area contributed by atoms with E-state index in [1.54, 1.807) is 12.1 Å². The number of Topliss-reactive ketones (excluding diaryl/α,β-unsaturated/α-hetero) is 2. The molecule has 5 rings (SSSR count). The van der Waals surface area contributed by atoms with Crippen molar-refractivity contribution in [1.29, 1.82) is 0 Å². The number of benzene rings is 2. The van der Waals surface area contributed by atoms with Crippen molar-refractivity contribution in [2.24, 2.45) is 17.6 Å². The summed E-state index contributed by atoms with van der Waals surface area (Å²) in [6.45, 7) is 0. The number of nitrogens with zero attached hydrogens (tertiary/aromatic N) is 1. The van der Waals surface area contributed by atoms with Crippen molar-refractivity contribution in [1.82, 2.24) is 4.90 Å². The van der Waals surface area contributed by atoms with Crippen molar-refractivity contribution in [3.05, 3.63) is 85.8 Å². The smallest absolute Gasteiger partial charge is 0.255 e. The van der Waals surface area contributed by atoms with E-state index in [4.69, 9.17) is 28.9 Å². The first-order chi connectivity index (χ1) is 18.7. The lowest BCUT2D eigenvalue weighted by molar-refractivity contribution is -0.159. The van der Waals surface area contributed by atoms with Gasteiger partial charge in [0.15, 0.2) is 11.4 Å². The van der Waals surface area contributed by atoms with Gasteiger partial charge in [0.2, 0.25) is 5.78 Å². The van der Waals surface area contributed by atoms with Crippen LogP contribution in [0.3, 0.4) is 0 Å². The van der Waals surface area contributed by atoms with Gasteiger partial charge in [0, 0.05) is 5.92 Å². The molecular weight excluding hydrogens is 563 g/mol. The number of phenols is 1. The highest BCUT2D eigenvalue weighted by Gasteiger charge is 2.67. The number of rotatable bonds is 3. The average molecular weight is 587 g/mol. The number of primary amides is 1. The second-order valence-corrected chi connectivity index (χ2v) is 11.0. The summed E-state index contributed by atoms with van der Waals surface area (Å²) in [5.41, 5.74) is 1.54. The van der Waals surface area contributed by atoms with Gasteiger partial charge in [0.25, 0.3) is 5.91 Å². The van der Waals surface area contributed by atoms with Crippen LogP contribution in [0.5, 0.6) is 5.75 Å². The first-order valence-electron chi connectivity index (χ1n) is 12.0. The first kappa shape index (κ1) is 27.9. The molecule has 2 aromatic rings. The van der Waals surface area contributed by atoms with Gasteiger partial charge in [-0.1, -0.05) is 47.5 Å². The summed E-state index contributed by atoms with van der Waals surface area (Å²) in [7, 11) is 2.93. The molecule has 3 aliphatic rings. The largest absolute Gasteiger partial charge is 0.510 e. The minimum absolute atomic E-state index is 0.218. The number of aliphatic hydroxyl groups is 4. The van der Waals surface area contributed by atoms with Gasteiger partial charge >= 0.3 is 0 Å². The number of carbonyl (C=O) groups is 3. The summed E-state index contributed by atoms with van der Waals surface area (Å²) in [6.07, 6.45) is -0.213. The third-order valence-electron chi connectivity index (χ3n) is 7.80. The number of phenolic OH excluding ortho intramolecular Hbond substituents is 1. The van der Waals surface area contributed by atoms with Crippen LogP contribution in [0.2, 0.25) is 10.0 Å². The van der Waals surface area contributed by atoms with Crippen molar-refractivity contribution in [2.45, 2.75) is 17.7 Å². The topological polar surface area (TPSA) is 182 Å². The maximum atomic E-state index is 13.8.